The van der Waals surface area contributed by atoms with Gasteiger partial charge in [0.15, 0.2) is 0 Å². The van der Waals surface area contributed by atoms with Crippen molar-refractivity contribution in [3.8, 4) is 11.3 Å². The number of halogens is 3. The average molecular weight is 612 g/mol. The van der Waals surface area contributed by atoms with Gasteiger partial charge in [-0.15, -0.1) is 0 Å². The van der Waals surface area contributed by atoms with Crippen LogP contribution in [0.1, 0.15) is 72.6 Å². The van der Waals surface area contributed by atoms with Gasteiger partial charge in [0.25, 0.3) is 5.91 Å². The van der Waals surface area contributed by atoms with Gasteiger partial charge in [-0.25, -0.2) is 15.0 Å². The lowest BCUT2D eigenvalue weighted by Gasteiger charge is -2.20. The van der Waals surface area contributed by atoms with E-state index in [-0.39, 0.29) is 17.5 Å². The third-order valence-electron chi connectivity index (χ3n) is 7.45. The number of nitrogens with two attached hydrogens (primary N) is 2. The minimum atomic E-state index is -4.52. The van der Waals surface area contributed by atoms with Crippen molar-refractivity contribution in [1.29, 1.82) is 0 Å². The topological polar surface area (TPSA) is 151 Å². The second kappa shape index (κ2) is 14.9. The Morgan fingerprint density at radius 3 is 2.36 bits per heavy atom. The lowest BCUT2D eigenvalue weighted by Crippen LogP contribution is -2.14. The van der Waals surface area contributed by atoms with Gasteiger partial charge in [-0.3, -0.25) is 9.20 Å². The molecule has 1 amide bonds. The average Bonchev–Trinajstić information content (AvgIpc) is 3.72. The number of pyridine rings is 1. The van der Waals surface area contributed by atoms with Gasteiger partial charge in [-0.05, 0) is 57.0 Å². The molecule has 0 radical (unpaired) electrons. The summed E-state index contributed by atoms with van der Waals surface area (Å²) in [5.74, 6) is 0.930. The fraction of sp³-hybridized carbons (Fsp3) is 0.387. The minimum absolute atomic E-state index is 0.0833. The van der Waals surface area contributed by atoms with Crippen LogP contribution in [0.4, 0.5) is 24.8 Å². The SMILES string of the molecule is CN.Nc1nccn2c(C3CCCCC3)nc(-c3ccc(C(=O)Nc4cc(C(F)(F)F)ccn4)cc3)c12.O=CC1CCCO1. The first-order valence-corrected chi connectivity index (χ1v) is 14.5. The normalized spacial score (nSPS) is 16.8. The molecule has 1 aromatic carbocycles. The van der Waals surface area contributed by atoms with Gasteiger partial charge in [0.2, 0.25) is 0 Å². The highest BCUT2D eigenvalue weighted by atomic mass is 19.4. The summed E-state index contributed by atoms with van der Waals surface area (Å²) >= 11 is 0. The number of nitrogens with zero attached hydrogens (tertiary/aromatic N) is 4. The Bertz CT molecular complexity index is 1550. The molecule has 1 saturated heterocycles. The number of aldehydes is 1. The van der Waals surface area contributed by atoms with Crippen LogP contribution in [-0.4, -0.2) is 51.3 Å². The van der Waals surface area contributed by atoms with Gasteiger partial charge in [0.05, 0.1) is 5.56 Å². The Morgan fingerprint density at radius 1 is 1.02 bits per heavy atom. The van der Waals surface area contributed by atoms with E-state index in [0.717, 1.165) is 73.8 Å². The number of imidazole rings is 1. The van der Waals surface area contributed by atoms with Crippen molar-refractivity contribution < 1.29 is 27.5 Å². The van der Waals surface area contributed by atoms with Crippen LogP contribution in [0.15, 0.2) is 55.0 Å². The molecule has 13 heteroatoms. The van der Waals surface area contributed by atoms with Crippen LogP contribution in [0, 0.1) is 0 Å². The Morgan fingerprint density at radius 2 is 1.75 bits per heavy atom. The third-order valence-corrected chi connectivity index (χ3v) is 7.45. The maximum absolute atomic E-state index is 12.9. The van der Waals surface area contributed by atoms with Crippen LogP contribution in [-0.2, 0) is 15.7 Å². The number of anilines is 2. The van der Waals surface area contributed by atoms with Gasteiger partial charge in [-0.2, -0.15) is 13.2 Å². The molecular formula is C31H36F3N7O3. The minimum Gasteiger partial charge on any atom is -0.382 e. The zero-order valence-corrected chi connectivity index (χ0v) is 24.4. The quantitative estimate of drug-likeness (QED) is 0.246. The molecule has 10 nitrogen and oxygen atoms in total. The summed E-state index contributed by atoms with van der Waals surface area (Å²) in [6.45, 7) is 0.767. The van der Waals surface area contributed by atoms with Gasteiger partial charge in [-0.1, -0.05) is 31.4 Å². The number of fused-ring (bicyclic) bond motifs is 1. The van der Waals surface area contributed by atoms with E-state index in [9.17, 15) is 22.8 Å². The number of hydrogen-bond donors (Lipinski definition) is 3. The van der Waals surface area contributed by atoms with Crippen LogP contribution in [0.5, 0.6) is 0 Å². The number of carbonyl (C=O) groups is 2. The van der Waals surface area contributed by atoms with E-state index in [1.54, 1.807) is 30.5 Å². The fourth-order valence-electron chi connectivity index (χ4n) is 5.29. The molecular weight excluding hydrogens is 575 g/mol. The molecule has 1 unspecified atom stereocenters. The lowest BCUT2D eigenvalue weighted by molar-refractivity contribution is -0.137. The molecule has 44 heavy (non-hydrogen) atoms. The molecule has 0 bridgehead atoms. The van der Waals surface area contributed by atoms with Crippen LogP contribution in [0.3, 0.4) is 0 Å². The number of amides is 1. The monoisotopic (exact) mass is 611 g/mol. The molecule has 1 aliphatic carbocycles. The van der Waals surface area contributed by atoms with E-state index in [4.69, 9.17) is 15.5 Å². The number of hydrogen-bond acceptors (Lipinski definition) is 8. The van der Waals surface area contributed by atoms with Gasteiger partial charge >= 0.3 is 6.18 Å². The summed E-state index contributed by atoms with van der Waals surface area (Å²) < 4.78 is 45.7. The standard InChI is InChI=1S/C25H23F3N6O.C5H8O2.CH5N/c26-25(27,28)18-10-11-30-19(14-18)32-24(35)17-8-6-15(7-9-17)20-21-22(29)31-12-13-34(21)23(33-20)16-4-2-1-3-5-16;6-4-5-2-1-3-7-5;1-2/h6-14,16H,1-5H2,(H2,29,31)(H,30,32,35);4-5H,1-3H2;2H2,1H3. The molecule has 6 rings (SSSR count). The van der Waals surface area contributed by atoms with Crippen molar-refractivity contribution in [1.82, 2.24) is 19.4 Å². The van der Waals surface area contributed by atoms with Crippen LogP contribution < -0.4 is 16.8 Å². The van der Waals surface area contributed by atoms with E-state index < -0.39 is 17.6 Å². The maximum atomic E-state index is 12.9. The van der Waals surface area contributed by atoms with Gasteiger partial charge in [0, 0.05) is 42.2 Å². The van der Waals surface area contributed by atoms with Crippen molar-refractivity contribution in [2.24, 2.45) is 5.73 Å². The predicted octanol–water partition coefficient (Wildman–Crippen LogP) is 5.63. The van der Waals surface area contributed by atoms with E-state index in [1.165, 1.54) is 26.3 Å². The van der Waals surface area contributed by atoms with E-state index in [0.29, 0.717) is 17.4 Å². The number of alkyl halides is 3. The highest BCUT2D eigenvalue weighted by molar-refractivity contribution is 6.04. The first-order valence-electron chi connectivity index (χ1n) is 14.5. The smallest absolute Gasteiger partial charge is 0.382 e. The fourth-order valence-corrected chi connectivity index (χ4v) is 5.29. The Hall–Kier alpha value is -4.36. The van der Waals surface area contributed by atoms with Crippen molar-refractivity contribution in [3.05, 3.63) is 71.9 Å². The zero-order valence-electron chi connectivity index (χ0n) is 24.4. The molecule has 4 aromatic rings. The summed E-state index contributed by atoms with van der Waals surface area (Å²) in [5, 5.41) is 2.42. The Balaban J connectivity index is 0.000000427. The van der Waals surface area contributed by atoms with Crippen LogP contribution in [0.2, 0.25) is 0 Å². The van der Waals surface area contributed by atoms with E-state index >= 15 is 0 Å². The number of nitrogen functional groups attached to an aromatic ring is 1. The van der Waals surface area contributed by atoms with Crippen molar-refractivity contribution >= 4 is 29.3 Å². The molecule has 234 valence electrons. The highest BCUT2D eigenvalue weighted by Crippen LogP contribution is 2.36. The van der Waals surface area contributed by atoms with Crippen molar-refractivity contribution in [2.45, 2.75) is 63.1 Å². The number of carbonyl (C=O) groups excluding carboxylic acids is 2. The van der Waals surface area contributed by atoms with Crippen molar-refractivity contribution in [2.75, 3.05) is 24.7 Å². The molecule has 2 aliphatic rings. The first kappa shape index (κ1) is 32.6. The van der Waals surface area contributed by atoms with E-state index in [2.05, 4.69) is 21.0 Å². The third kappa shape index (κ3) is 7.77. The zero-order chi connectivity index (χ0) is 31.7. The molecule has 1 aliphatic heterocycles. The molecule has 4 heterocycles. The lowest BCUT2D eigenvalue weighted by atomic mass is 9.89. The predicted molar refractivity (Wildman–Crippen MR) is 161 cm³/mol. The number of benzene rings is 1. The second-order valence-electron chi connectivity index (χ2n) is 10.3. The highest BCUT2D eigenvalue weighted by Gasteiger charge is 2.31. The molecule has 3 aromatic heterocycles. The molecule has 1 atom stereocenters. The molecule has 0 spiro atoms. The largest absolute Gasteiger partial charge is 0.416 e. The van der Waals surface area contributed by atoms with Gasteiger partial charge in [0.1, 0.15) is 41.1 Å². The van der Waals surface area contributed by atoms with E-state index in [1.807, 2.05) is 10.6 Å². The summed E-state index contributed by atoms with van der Waals surface area (Å²) in [6.07, 6.45) is 8.48. The maximum Gasteiger partial charge on any atom is 0.416 e. The summed E-state index contributed by atoms with van der Waals surface area (Å²) in [7, 11) is 1.50. The van der Waals surface area contributed by atoms with Crippen molar-refractivity contribution in [3.63, 3.8) is 0 Å². The summed E-state index contributed by atoms with van der Waals surface area (Å²) in [4.78, 5) is 35.5. The van der Waals surface area contributed by atoms with Crippen LogP contribution in [0.25, 0.3) is 16.8 Å². The second-order valence-corrected chi connectivity index (χ2v) is 10.3. The molecule has 5 N–H and O–H groups in total. The number of aromatic nitrogens is 4. The number of rotatable bonds is 5. The number of nitrogens with one attached hydrogen (secondary N) is 1. The summed E-state index contributed by atoms with van der Waals surface area (Å²) in [6, 6.07) is 8.32. The molecule has 2 fully saturated rings. The Labute approximate surface area is 253 Å². The molecule has 1 saturated carbocycles. The Kier molecular flexibility index (Phi) is 11.0. The summed E-state index contributed by atoms with van der Waals surface area (Å²) in [5.41, 5.74) is 12.3. The first-order chi connectivity index (χ1) is 21.2. The van der Waals surface area contributed by atoms with Crippen LogP contribution >= 0.6 is 0 Å². The number of ether oxygens (including phenoxy) is 1. The van der Waals surface area contributed by atoms with Gasteiger partial charge < -0.3 is 26.3 Å².